The van der Waals surface area contributed by atoms with Crippen LogP contribution in [0.15, 0.2) is 22.7 Å². The summed E-state index contributed by atoms with van der Waals surface area (Å²) in [4.78, 5) is 25.2. The highest BCUT2D eigenvalue weighted by Gasteiger charge is 2.32. The Morgan fingerprint density at radius 1 is 1.50 bits per heavy atom. The van der Waals surface area contributed by atoms with Crippen molar-refractivity contribution >= 4 is 33.4 Å². The van der Waals surface area contributed by atoms with Crippen LogP contribution < -0.4 is 10.2 Å². The van der Waals surface area contributed by atoms with Crippen molar-refractivity contribution in [3.8, 4) is 0 Å². The number of carbonyl (C=O) groups is 2. The van der Waals surface area contributed by atoms with Crippen LogP contribution >= 0.6 is 15.9 Å². The van der Waals surface area contributed by atoms with Gasteiger partial charge in [-0.1, -0.05) is 28.9 Å². The third-order valence-electron chi connectivity index (χ3n) is 3.41. The second-order valence-corrected chi connectivity index (χ2v) is 5.70. The molecule has 5 nitrogen and oxygen atoms in total. The van der Waals surface area contributed by atoms with Gasteiger partial charge in [0, 0.05) is 10.2 Å². The number of aliphatic hydroxyl groups is 1. The number of benzene rings is 1. The summed E-state index contributed by atoms with van der Waals surface area (Å²) in [6, 6.07) is 5.10. The van der Waals surface area contributed by atoms with Gasteiger partial charge >= 0.3 is 0 Å². The smallest absolute Gasteiger partial charge is 0.249 e. The fourth-order valence-electron chi connectivity index (χ4n) is 2.38. The largest absolute Gasteiger partial charge is 0.389 e. The minimum absolute atomic E-state index is 0.157. The summed E-state index contributed by atoms with van der Waals surface area (Å²) < 4.78 is 0.762. The Hall–Kier alpha value is -1.40. The van der Waals surface area contributed by atoms with Crippen LogP contribution in [-0.4, -0.2) is 29.5 Å². The summed E-state index contributed by atoms with van der Waals surface area (Å²) in [6.07, 6.45) is 0.0428. The minimum Gasteiger partial charge on any atom is -0.389 e. The van der Waals surface area contributed by atoms with E-state index in [1.165, 1.54) is 0 Å². The molecule has 1 fully saturated rings. The summed E-state index contributed by atoms with van der Waals surface area (Å²) in [5.74, 6) is -0.560. The van der Waals surface area contributed by atoms with Gasteiger partial charge < -0.3 is 10.0 Å². The van der Waals surface area contributed by atoms with Gasteiger partial charge in [-0.3, -0.25) is 14.9 Å². The lowest BCUT2D eigenvalue weighted by Crippen LogP contribution is -2.58. The third-order valence-corrected chi connectivity index (χ3v) is 4.09. The van der Waals surface area contributed by atoms with Gasteiger partial charge in [-0.2, -0.15) is 0 Å². The van der Waals surface area contributed by atoms with Crippen LogP contribution in [0.1, 0.15) is 31.9 Å². The summed E-state index contributed by atoms with van der Waals surface area (Å²) in [6.45, 7) is 3.75. The highest BCUT2D eigenvalue weighted by Crippen LogP contribution is 2.30. The zero-order chi connectivity index (χ0) is 14.9. The number of nitrogens with zero attached hydrogens (tertiary/aromatic N) is 1. The number of anilines is 1. The molecule has 1 saturated heterocycles. The Morgan fingerprint density at radius 3 is 2.75 bits per heavy atom. The number of piperazine rings is 1. The Kier molecular flexibility index (Phi) is 4.45. The van der Waals surface area contributed by atoms with Crippen LogP contribution in [0.4, 0.5) is 5.69 Å². The first kappa shape index (κ1) is 15.0. The lowest BCUT2D eigenvalue weighted by Gasteiger charge is -2.35. The Balaban J connectivity index is 2.36. The van der Waals surface area contributed by atoms with Crippen LogP contribution in [0.2, 0.25) is 0 Å². The molecule has 2 amide bonds. The van der Waals surface area contributed by atoms with E-state index in [0.717, 1.165) is 15.7 Å². The standard InChI is InChI=1S/C14H17BrN2O3/c1-3-12-14(20)16-13(19)7-17(12)9-4-5-10(8(2)18)11(15)6-9/h4-6,8,12,18H,3,7H2,1-2H3,(H,16,19,20)/t8-,12?/m0/s1. The van der Waals surface area contributed by atoms with Crippen molar-refractivity contribution in [2.45, 2.75) is 32.4 Å². The van der Waals surface area contributed by atoms with Crippen molar-refractivity contribution in [1.82, 2.24) is 5.32 Å². The molecule has 0 spiro atoms. The van der Waals surface area contributed by atoms with Gasteiger partial charge in [-0.25, -0.2) is 0 Å². The lowest BCUT2D eigenvalue weighted by atomic mass is 10.1. The van der Waals surface area contributed by atoms with Crippen molar-refractivity contribution in [2.24, 2.45) is 0 Å². The number of nitrogens with one attached hydrogen (secondary N) is 1. The zero-order valence-electron chi connectivity index (χ0n) is 11.4. The minimum atomic E-state index is -0.577. The fraction of sp³-hybridized carbons (Fsp3) is 0.429. The first-order valence-corrected chi connectivity index (χ1v) is 7.31. The molecule has 0 radical (unpaired) electrons. The molecular weight excluding hydrogens is 324 g/mol. The molecule has 20 heavy (non-hydrogen) atoms. The van der Waals surface area contributed by atoms with Crippen LogP contribution in [-0.2, 0) is 9.59 Å². The maximum absolute atomic E-state index is 11.9. The molecule has 1 aliphatic heterocycles. The summed E-state index contributed by atoms with van der Waals surface area (Å²) >= 11 is 3.41. The van der Waals surface area contributed by atoms with Gasteiger partial charge in [0.05, 0.1) is 12.6 Å². The van der Waals surface area contributed by atoms with Gasteiger partial charge in [0.2, 0.25) is 11.8 Å². The molecule has 0 saturated carbocycles. The van der Waals surface area contributed by atoms with Crippen molar-refractivity contribution in [2.75, 3.05) is 11.4 Å². The number of hydrogen-bond donors (Lipinski definition) is 2. The van der Waals surface area contributed by atoms with Gasteiger partial charge in [-0.05, 0) is 31.0 Å². The number of amides is 2. The zero-order valence-corrected chi connectivity index (χ0v) is 13.0. The van der Waals surface area contributed by atoms with E-state index in [1.54, 1.807) is 17.9 Å². The number of hydrogen-bond acceptors (Lipinski definition) is 4. The number of rotatable bonds is 3. The summed E-state index contributed by atoms with van der Waals surface area (Å²) in [5.41, 5.74) is 1.56. The molecule has 2 rings (SSSR count). The molecule has 1 aliphatic rings. The molecule has 108 valence electrons. The molecule has 2 N–H and O–H groups in total. The normalized spacial score (nSPS) is 20.8. The van der Waals surface area contributed by atoms with Gasteiger partial charge in [0.25, 0.3) is 0 Å². The molecular formula is C14H17BrN2O3. The van der Waals surface area contributed by atoms with Gasteiger partial charge in [0.1, 0.15) is 6.04 Å². The highest BCUT2D eigenvalue weighted by atomic mass is 79.9. The second kappa shape index (κ2) is 5.93. The number of imide groups is 1. The van der Waals surface area contributed by atoms with E-state index >= 15 is 0 Å². The van der Waals surface area contributed by atoms with Crippen molar-refractivity contribution in [3.63, 3.8) is 0 Å². The molecule has 1 heterocycles. The summed E-state index contributed by atoms with van der Waals surface area (Å²) in [7, 11) is 0. The van der Waals surface area contributed by atoms with E-state index in [-0.39, 0.29) is 24.4 Å². The van der Waals surface area contributed by atoms with Crippen LogP contribution in [0.25, 0.3) is 0 Å². The number of halogens is 1. The van der Waals surface area contributed by atoms with E-state index in [2.05, 4.69) is 21.2 Å². The summed E-state index contributed by atoms with van der Waals surface area (Å²) in [5, 5.41) is 12.0. The number of carbonyl (C=O) groups excluding carboxylic acids is 2. The lowest BCUT2D eigenvalue weighted by molar-refractivity contribution is -0.132. The van der Waals surface area contributed by atoms with Crippen LogP contribution in [0.5, 0.6) is 0 Å². The van der Waals surface area contributed by atoms with E-state index in [0.29, 0.717) is 6.42 Å². The quantitative estimate of drug-likeness (QED) is 0.822. The van der Waals surface area contributed by atoms with Crippen molar-refractivity contribution in [3.05, 3.63) is 28.2 Å². The Morgan fingerprint density at radius 2 is 2.20 bits per heavy atom. The van der Waals surface area contributed by atoms with E-state index in [9.17, 15) is 14.7 Å². The monoisotopic (exact) mass is 340 g/mol. The highest BCUT2D eigenvalue weighted by molar-refractivity contribution is 9.10. The average molecular weight is 341 g/mol. The third kappa shape index (κ3) is 2.86. The van der Waals surface area contributed by atoms with Crippen molar-refractivity contribution in [1.29, 1.82) is 0 Å². The van der Waals surface area contributed by atoms with Gasteiger partial charge in [-0.15, -0.1) is 0 Å². The maximum Gasteiger partial charge on any atom is 0.249 e. The topological polar surface area (TPSA) is 69.6 Å². The average Bonchev–Trinajstić information content (AvgIpc) is 2.37. The van der Waals surface area contributed by atoms with Crippen LogP contribution in [0.3, 0.4) is 0 Å². The SMILES string of the molecule is CCC1C(=O)NC(=O)CN1c1ccc([C@H](C)O)c(Br)c1. The fourth-order valence-corrected chi connectivity index (χ4v) is 3.08. The number of aliphatic hydroxyl groups excluding tert-OH is 1. The molecule has 0 bridgehead atoms. The maximum atomic E-state index is 11.9. The molecule has 0 aromatic heterocycles. The Bertz CT molecular complexity index is 545. The molecule has 6 heteroatoms. The first-order chi connectivity index (χ1) is 9.43. The van der Waals surface area contributed by atoms with Gasteiger partial charge in [0.15, 0.2) is 0 Å². The Labute approximate surface area is 126 Å². The molecule has 1 aromatic rings. The van der Waals surface area contributed by atoms with Crippen LogP contribution in [0, 0.1) is 0 Å². The molecule has 1 unspecified atom stereocenters. The van der Waals surface area contributed by atoms with Crippen molar-refractivity contribution < 1.29 is 14.7 Å². The van der Waals surface area contributed by atoms with E-state index in [4.69, 9.17) is 0 Å². The second-order valence-electron chi connectivity index (χ2n) is 4.85. The van der Waals surface area contributed by atoms with E-state index in [1.807, 2.05) is 19.1 Å². The molecule has 2 atom stereocenters. The predicted molar refractivity (Wildman–Crippen MR) is 79.4 cm³/mol. The molecule has 1 aromatic carbocycles. The van der Waals surface area contributed by atoms with E-state index < -0.39 is 6.10 Å². The molecule has 0 aliphatic carbocycles. The predicted octanol–water partition coefficient (Wildman–Crippen LogP) is 1.74. The first-order valence-electron chi connectivity index (χ1n) is 6.52.